The Labute approximate surface area is 137 Å². The highest BCUT2D eigenvalue weighted by Gasteiger charge is 2.22. The molecule has 0 amide bonds. The van der Waals surface area contributed by atoms with Gasteiger partial charge in [0, 0.05) is 12.3 Å². The summed E-state index contributed by atoms with van der Waals surface area (Å²) in [5.74, 6) is 1.90. The largest absolute Gasteiger partial charge is 0.493 e. The number of rotatable bonds is 5. The Kier molecular flexibility index (Phi) is 4.19. The van der Waals surface area contributed by atoms with Crippen molar-refractivity contribution in [3.05, 3.63) is 46.0 Å². The smallest absolute Gasteiger partial charge is 0.282 e. The lowest BCUT2D eigenvalue weighted by atomic mass is 10.1. The Morgan fingerprint density at radius 1 is 1.12 bits per heavy atom. The lowest BCUT2D eigenvalue weighted by Crippen LogP contribution is -1.95. The van der Waals surface area contributed by atoms with Gasteiger partial charge in [0.15, 0.2) is 23.0 Å². The number of nitro benzene ring substituents is 1. The molecule has 0 fully saturated rings. The predicted octanol–water partition coefficient (Wildman–Crippen LogP) is 3.09. The fraction of sp³-hybridized carbons (Fsp3) is 0.188. The van der Waals surface area contributed by atoms with E-state index in [4.69, 9.17) is 18.9 Å². The molecular formula is C16H14N2O6. The summed E-state index contributed by atoms with van der Waals surface area (Å²) >= 11 is 0. The lowest BCUT2D eigenvalue weighted by Gasteiger charge is -2.07. The molecule has 1 heterocycles. The van der Waals surface area contributed by atoms with Gasteiger partial charge in [-0.15, -0.1) is 0 Å². The van der Waals surface area contributed by atoms with Gasteiger partial charge in [0.25, 0.3) is 5.69 Å². The van der Waals surface area contributed by atoms with E-state index in [1.54, 1.807) is 18.2 Å². The second kappa shape index (κ2) is 6.45. The van der Waals surface area contributed by atoms with Crippen molar-refractivity contribution in [2.24, 2.45) is 4.99 Å². The van der Waals surface area contributed by atoms with E-state index in [0.29, 0.717) is 34.2 Å². The van der Waals surface area contributed by atoms with Crippen LogP contribution >= 0.6 is 0 Å². The minimum atomic E-state index is -0.488. The number of methoxy groups -OCH3 is 2. The van der Waals surface area contributed by atoms with Crippen LogP contribution in [0.3, 0.4) is 0 Å². The zero-order chi connectivity index (χ0) is 17.1. The normalized spacial score (nSPS) is 12.4. The fourth-order valence-corrected chi connectivity index (χ4v) is 2.26. The summed E-state index contributed by atoms with van der Waals surface area (Å²) in [6.45, 7) is 0.0444. The number of ether oxygens (including phenoxy) is 4. The molecule has 8 heteroatoms. The van der Waals surface area contributed by atoms with E-state index in [9.17, 15) is 10.1 Å². The zero-order valence-corrected chi connectivity index (χ0v) is 13.0. The summed E-state index contributed by atoms with van der Waals surface area (Å²) in [7, 11) is 3.06. The van der Waals surface area contributed by atoms with Crippen LogP contribution in [0.1, 0.15) is 5.56 Å². The van der Waals surface area contributed by atoms with E-state index >= 15 is 0 Å². The van der Waals surface area contributed by atoms with Gasteiger partial charge < -0.3 is 18.9 Å². The summed E-state index contributed by atoms with van der Waals surface area (Å²) in [6, 6.07) is 7.97. The molecule has 3 rings (SSSR count). The van der Waals surface area contributed by atoms with Crippen LogP contribution in [0.4, 0.5) is 11.4 Å². The van der Waals surface area contributed by atoms with Gasteiger partial charge in [-0.1, -0.05) is 0 Å². The standard InChI is InChI=1S/C16H14N2O6/c1-21-13-4-3-11(6-14(13)22-2)17-8-10-5-15-16(24-9-23-15)7-12(10)18(19)20/h3-8H,9H2,1-2H3. The Morgan fingerprint density at radius 2 is 1.83 bits per heavy atom. The molecular weight excluding hydrogens is 316 g/mol. The molecule has 0 radical (unpaired) electrons. The summed E-state index contributed by atoms with van der Waals surface area (Å²) in [5.41, 5.74) is 0.780. The molecule has 124 valence electrons. The average Bonchev–Trinajstić information content (AvgIpc) is 3.06. The van der Waals surface area contributed by atoms with Crippen LogP contribution in [0.2, 0.25) is 0 Å². The minimum absolute atomic E-state index is 0.0444. The molecule has 2 aromatic rings. The van der Waals surface area contributed by atoms with Gasteiger partial charge in [-0.25, -0.2) is 0 Å². The molecule has 0 unspecified atom stereocenters. The third-order valence-electron chi connectivity index (χ3n) is 3.44. The first kappa shape index (κ1) is 15.6. The van der Waals surface area contributed by atoms with E-state index in [2.05, 4.69) is 4.99 Å². The summed E-state index contributed by atoms with van der Waals surface area (Å²) in [5, 5.41) is 11.2. The summed E-state index contributed by atoms with van der Waals surface area (Å²) in [4.78, 5) is 15.0. The van der Waals surface area contributed by atoms with Crippen LogP contribution in [0, 0.1) is 10.1 Å². The molecule has 0 spiro atoms. The first-order chi connectivity index (χ1) is 11.6. The van der Waals surface area contributed by atoms with Gasteiger partial charge in [-0.2, -0.15) is 0 Å². The maximum Gasteiger partial charge on any atom is 0.282 e. The molecule has 1 aliphatic heterocycles. The maximum atomic E-state index is 11.2. The van der Waals surface area contributed by atoms with Crippen LogP contribution in [-0.2, 0) is 0 Å². The zero-order valence-electron chi connectivity index (χ0n) is 13.0. The van der Waals surface area contributed by atoms with E-state index < -0.39 is 4.92 Å². The number of nitro groups is 1. The average molecular weight is 330 g/mol. The Balaban J connectivity index is 1.96. The summed E-state index contributed by atoms with van der Waals surface area (Å²) in [6.07, 6.45) is 1.40. The van der Waals surface area contributed by atoms with Crippen molar-refractivity contribution in [1.82, 2.24) is 0 Å². The highest BCUT2D eigenvalue weighted by molar-refractivity contribution is 5.88. The molecule has 0 saturated carbocycles. The number of fused-ring (bicyclic) bond motifs is 1. The van der Waals surface area contributed by atoms with Crippen molar-refractivity contribution in [1.29, 1.82) is 0 Å². The molecule has 8 nitrogen and oxygen atoms in total. The van der Waals surface area contributed by atoms with Gasteiger partial charge >= 0.3 is 0 Å². The highest BCUT2D eigenvalue weighted by Crippen LogP contribution is 2.37. The molecule has 0 saturated heterocycles. The van der Waals surface area contributed by atoms with Crippen molar-refractivity contribution in [3.8, 4) is 23.0 Å². The molecule has 2 aromatic carbocycles. The van der Waals surface area contributed by atoms with Crippen molar-refractivity contribution < 1.29 is 23.9 Å². The van der Waals surface area contributed by atoms with E-state index in [0.717, 1.165) is 0 Å². The molecule has 0 bridgehead atoms. The van der Waals surface area contributed by atoms with E-state index in [1.165, 1.54) is 32.6 Å². The van der Waals surface area contributed by atoms with Gasteiger partial charge in [-0.3, -0.25) is 15.1 Å². The SMILES string of the molecule is COc1ccc(N=Cc2cc3c(cc2[N+](=O)[O-])OCO3)cc1OC. The second-order valence-electron chi connectivity index (χ2n) is 4.82. The molecule has 0 aliphatic carbocycles. The Bertz CT molecular complexity index is 818. The first-order valence-electron chi connectivity index (χ1n) is 6.96. The van der Waals surface area contributed by atoms with Crippen molar-refractivity contribution in [2.45, 2.75) is 0 Å². The van der Waals surface area contributed by atoms with Crippen molar-refractivity contribution in [2.75, 3.05) is 21.0 Å². The Morgan fingerprint density at radius 3 is 2.50 bits per heavy atom. The van der Waals surface area contributed by atoms with Gasteiger partial charge in [-0.05, 0) is 18.2 Å². The second-order valence-corrected chi connectivity index (χ2v) is 4.82. The van der Waals surface area contributed by atoms with E-state index in [1.807, 2.05) is 0 Å². The lowest BCUT2D eigenvalue weighted by molar-refractivity contribution is -0.385. The first-order valence-corrected chi connectivity index (χ1v) is 6.96. The third-order valence-corrected chi connectivity index (χ3v) is 3.44. The van der Waals surface area contributed by atoms with Crippen LogP contribution in [0.15, 0.2) is 35.3 Å². The molecule has 0 N–H and O–H groups in total. The van der Waals surface area contributed by atoms with Crippen LogP contribution in [-0.4, -0.2) is 32.2 Å². The van der Waals surface area contributed by atoms with Gasteiger partial charge in [0.05, 0.1) is 36.5 Å². The van der Waals surface area contributed by atoms with E-state index in [-0.39, 0.29) is 12.5 Å². The number of hydrogen-bond acceptors (Lipinski definition) is 7. The topological polar surface area (TPSA) is 92.4 Å². The van der Waals surface area contributed by atoms with Crippen LogP contribution in [0.25, 0.3) is 0 Å². The molecule has 24 heavy (non-hydrogen) atoms. The van der Waals surface area contributed by atoms with Gasteiger partial charge in [0.2, 0.25) is 6.79 Å². The van der Waals surface area contributed by atoms with Crippen LogP contribution < -0.4 is 18.9 Å². The number of hydrogen-bond donors (Lipinski definition) is 0. The fourth-order valence-electron chi connectivity index (χ4n) is 2.26. The minimum Gasteiger partial charge on any atom is -0.493 e. The van der Waals surface area contributed by atoms with Crippen molar-refractivity contribution in [3.63, 3.8) is 0 Å². The predicted molar refractivity (Wildman–Crippen MR) is 86.0 cm³/mol. The number of aliphatic imine (C=N–C) groups is 1. The summed E-state index contributed by atoms with van der Waals surface area (Å²) < 4.78 is 20.8. The quantitative estimate of drug-likeness (QED) is 0.475. The highest BCUT2D eigenvalue weighted by atomic mass is 16.7. The Hall–Kier alpha value is -3.29. The van der Waals surface area contributed by atoms with Gasteiger partial charge in [0.1, 0.15) is 0 Å². The van der Waals surface area contributed by atoms with Crippen LogP contribution in [0.5, 0.6) is 23.0 Å². The monoisotopic (exact) mass is 330 g/mol. The maximum absolute atomic E-state index is 11.2. The molecule has 1 aliphatic rings. The molecule has 0 atom stereocenters. The third kappa shape index (κ3) is 2.94. The number of benzene rings is 2. The number of nitrogens with zero attached hydrogens (tertiary/aromatic N) is 2. The molecule has 0 aromatic heterocycles. The van der Waals surface area contributed by atoms with Crippen molar-refractivity contribution >= 4 is 17.6 Å².